The Balaban J connectivity index is 1.81. The molecule has 0 fully saturated rings. The van der Waals surface area contributed by atoms with Crippen LogP contribution < -0.4 is 15.8 Å². The SMILES string of the molecule is COc1ccc(/C=C2\CC(C)Cc3c2nc2ccccc2c3C(=O)OC(C)C(=O)NC(N)=O)cc1. The van der Waals surface area contributed by atoms with Gasteiger partial charge >= 0.3 is 12.0 Å². The Bertz CT molecular complexity index is 1330. The molecule has 0 bridgehead atoms. The number of ether oxygens (including phenoxy) is 2. The Hall–Kier alpha value is -4.20. The van der Waals surface area contributed by atoms with Crippen molar-refractivity contribution in [3.63, 3.8) is 0 Å². The molecule has 3 N–H and O–H groups in total. The average Bonchev–Trinajstić information content (AvgIpc) is 2.82. The van der Waals surface area contributed by atoms with E-state index in [1.807, 2.05) is 53.8 Å². The molecule has 3 amide bonds. The fraction of sp³-hybridized carbons (Fsp3) is 0.259. The Kier molecular flexibility index (Phi) is 6.82. The summed E-state index contributed by atoms with van der Waals surface area (Å²) in [6, 6.07) is 14.1. The van der Waals surface area contributed by atoms with Gasteiger partial charge in [0.1, 0.15) is 5.75 Å². The van der Waals surface area contributed by atoms with Crippen LogP contribution in [0.15, 0.2) is 48.5 Å². The van der Waals surface area contributed by atoms with Crippen molar-refractivity contribution in [2.75, 3.05) is 7.11 Å². The molecule has 0 spiro atoms. The number of methoxy groups -OCH3 is 1. The second kappa shape index (κ2) is 9.97. The molecule has 2 unspecified atom stereocenters. The number of nitrogens with zero attached hydrogens (tertiary/aromatic N) is 1. The van der Waals surface area contributed by atoms with Gasteiger partial charge in [0.2, 0.25) is 0 Å². The van der Waals surface area contributed by atoms with E-state index in [4.69, 9.17) is 20.2 Å². The van der Waals surface area contributed by atoms with E-state index in [1.165, 1.54) is 6.92 Å². The second-order valence-electron chi connectivity index (χ2n) is 8.69. The van der Waals surface area contributed by atoms with Gasteiger partial charge in [-0.1, -0.05) is 37.3 Å². The number of hydrogen-bond donors (Lipinski definition) is 2. The molecular formula is C27H27N3O5. The van der Waals surface area contributed by atoms with Gasteiger partial charge in [0.25, 0.3) is 5.91 Å². The number of aromatic nitrogens is 1. The maximum atomic E-state index is 13.4. The van der Waals surface area contributed by atoms with E-state index in [1.54, 1.807) is 7.11 Å². The molecule has 0 saturated heterocycles. The van der Waals surface area contributed by atoms with E-state index in [9.17, 15) is 14.4 Å². The summed E-state index contributed by atoms with van der Waals surface area (Å²) in [5.41, 5.74) is 9.61. The van der Waals surface area contributed by atoms with E-state index in [0.717, 1.165) is 34.6 Å². The molecule has 180 valence electrons. The number of carbonyl (C=O) groups excluding carboxylic acids is 3. The van der Waals surface area contributed by atoms with Crippen molar-refractivity contribution >= 4 is 40.5 Å². The van der Waals surface area contributed by atoms with Crippen LogP contribution in [-0.4, -0.2) is 36.1 Å². The lowest BCUT2D eigenvalue weighted by atomic mass is 9.80. The van der Waals surface area contributed by atoms with E-state index in [2.05, 4.69) is 13.0 Å². The summed E-state index contributed by atoms with van der Waals surface area (Å²) in [4.78, 5) is 41.4. The Morgan fingerprint density at radius 2 is 1.83 bits per heavy atom. The number of amides is 3. The van der Waals surface area contributed by atoms with Gasteiger partial charge in [-0.25, -0.2) is 14.6 Å². The molecule has 1 aromatic heterocycles. The number of fused-ring (bicyclic) bond motifs is 2. The number of para-hydroxylation sites is 1. The van der Waals surface area contributed by atoms with Gasteiger partial charge in [-0.2, -0.15) is 0 Å². The van der Waals surface area contributed by atoms with Crippen molar-refractivity contribution in [3.05, 3.63) is 70.9 Å². The zero-order valence-corrected chi connectivity index (χ0v) is 19.8. The van der Waals surface area contributed by atoms with Crippen LogP contribution in [-0.2, 0) is 16.0 Å². The van der Waals surface area contributed by atoms with Crippen LogP contribution in [0.25, 0.3) is 22.6 Å². The topological polar surface area (TPSA) is 121 Å². The summed E-state index contributed by atoms with van der Waals surface area (Å²) in [7, 11) is 1.63. The van der Waals surface area contributed by atoms with E-state index < -0.39 is 24.0 Å². The van der Waals surface area contributed by atoms with Crippen LogP contribution in [0.2, 0.25) is 0 Å². The molecule has 2 aromatic carbocycles. The van der Waals surface area contributed by atoms with Crippen molar-refractivity contribution in [3.8, 4) is 5.75 Å². The van der Waals surface area contributed by atoms with Gasteiger partial charge in [0.05, 0.1) is 23.9 Å². The molecule has 3 aromatic rings. The summed E-state index contributed by atoms with van der Waals surface area (Å²) in [5, 5.41) is 2.59. The first-order chi connectivity index (χ1) is 16.8. The van der Waals surface area contributed by atoms with Crippen molar-refractivity contribution < 1.29 is 23.9 Å². The summed E-state index contributed by atoms with van der Waals surface area (Å²) in [6.07, 6.45) is 2.32. The van der Waals surface area contributed by atoms with E-state index >= 15 is 0 Å². The van der Waals surface area contributed by atoms with Crippen LogP contribution in [0.5, 0.6) is 5.75 Å². The fourth-order valence-corrected chi connectivity index (χ4v) is 4.37. The first-order valence-electron chi connectivity index (χ1n) is 11.3. The molecule has 2 atom stereocenters. The lowest BCUT2D eigenvalue weighted by Gasteiger charge is -2.27. The number of imide groups is 1. The van der Waals surface area contributed by atoms with Crippen LogP contribution >= 0.6 is 0 Å². The zero-order chi connectivity index (χ0) is 25.1. The highest BCUT2D eigenvalue weighted by Gasteiger charge is 2.30. The van der Waals surface area contributed by atoms with Crippen molar-refractivity contribution in [2.24, 2.45) is 11.7 Å². The molecule has 0 saturated carbocycles. The number of allylic oxidation sites excluding steroid dienone is 1. The van der Waals surface area contributed by atoms with Crippen molar-refractivity contribution in [1.29, 1.82) is 0 Å². The summed E-state index contributed by atoms with van der Waals surface area (Å²) < 4.78 is 10.7. The standard InChI is InChI=1S/C27H27N3O5/c1-15-12-18(14-17-8-10-19(34-3)11-9-17)24-21(13-15)23(20-6-4-5-7-22(20)29-24)26(32)35-16(2)25(31)30-27(28)33/h4-11,14-16H,12-13H2,1-3H3,(H3,28,30,31,33)/b18-14+. The number of hydrogen-bond acceptors (Lipinski definition) is 6. The Morgan fingerprint density at radius 1 is 1.11 bits per heavy atom. The highest BCUT2D eigenvalue weighted by molar-refractivity contribution is 6.07. The van der Waals surface area contributed by atoms with Crippen LogP contribution in [0.1, 0.15) is 47.4 Å². The molecule has 1 aliphatic rings. The smallest absolute Gasteiger partial charge is 0.339 e. The van der Waals surface area contributed by atoms with Gasteiger partial charge in [-0.3, -0.25) is 10.1 Å². The largest absolute Gasteiger partial charge is 0.497 e. The Morgan fingerprint density at radius 3 is 2.51 bits per heavy atom. The third-order valence-corrected chi connectivity index (χ3v) is 5.98. The highest BCUT2D eigenvalue weighted by Crippen LogP contribution is 2.39. The number of carbonyl (C=O) groups is 3. The molecule has 0 radical (unpaired) electrons. The van der Waals surface area contributed by atoms with Gasteiger partial charge in [-0.05, 0) is 66.7 Å². The van der Waals surface area contributed by atoms with Crippen LogP contribution in [0, 0.1) is 5.92 Å². The third-order valence-electron chi connectivity index (χ3n) is 5.98. The lowest BCUT2D eigenvalue weighted by Crippen LogP contribution is -2.42. The molecular weight excluding hydrogens is 446 g/mol. The summed E-state index contributed by atoms with van der Waals surface area (Å²) in [5.74, 6) is -0.401. The molecule has 4 rings (SSSR count). The lowest BCUT2D eigenvalue weighted by molar-refractivity contribution is -0.127. The predicted molar refractivity (Wildman–Crippen MR) is 133 cm³/mol. The summed E-state index contributed by atoms with van der Waals surface area (Å²) >= 11 is 0. The number of benzene rings is 2. The molecule has 35 heavy (non-hydrogen) atoms. The maximum Gasteiger partial charge on any atom is 0.339 e. The highest BCUT2D eigenvalue weighted by atomic mass is 16.5. The van der Waals surface area contributed by atoms with Gasteiger partial charge in [-0.15, -0.1) is 0 Å². The number of nitrogens with one attached hydrogen (secondary N) is 1. The zero-order valence-electron chi connectivity index (χ0n) is 19.8. The van der Waals surface area contributed by atoms with Crippen molar-refractivity contribution in [2.45, 2.75) is 32.8 Å². The predicted octanol–water partition coefficient (Wildman–Crippen LogP) is 4.11. The number of esters is 1. The first kappa shape index (κ1) is 23.9. The fourth-order valence-electron chi connectivity index (χ4n) is 4.37. The quantitative estimate of drug-likeness (QED) is 0.538. The number of urea groups is 1. The molecule has 8 nitrogen and oxygen atoms in total. The van der Waals surface area contributed by atoms with Gasteiger partial charge in [0, 0.05) is 5.39 Å². The van der Waals surface area contributed by atoms with Crippen LogP contribution in [0.3, 0.4) is 0 Å². The molecule has 1 heterocycles. The second-order valence-corrected chi connectivity index (χ2v) is 8.69. The molecule has 1 aliphatic carbocycles. The van der Waals surface area contributed by atoms with Gasteiger partial charge < -0.3 is 15.2 Å². The van der Waals surface area contributed by atoms with Crippen molar-refractivity contribution in [1.82, 2.24) is 10.3 Å². The number of rotatable bonds is 5. The normalized spacial score (nSPS) is 16.9. The minimum absolute atomic E-state index is 0.261. The number of nitrogens with two attached hydrogens (primary N) is 1. The van der Waals surface area contributed by atoms with Gasteiger partial charge in [0.15, 0.2) is 6.10 Å². The van der Waals surface area contributed by atoms with E-state index in [-0.39, 0.29) is 5.92 Å². The average molecular weight is 474 g/mol. The molecule has 0 aliphatic heterocycles. The van der Waals surface area contributed by atoms with E-state index in [0.29, 0.717) is 22.9 Å². The minimum Gasteiger partial charge on any atom is -0.497 e. The summed E-state index contributed by atoms with van der Waals surface area (Å²) in [6.45, 7) is 3.52. The number of primary amides is 1. The molecule has 8 heteroatoms. The maximum absolute atomic E-state index is 13.4. The number of pyridine rings is 1. The minimum atomic E-state index is -1.20. The monoisotopic (exact) mass is 473 g/mol. The Labute approximate surface area is 203 Å². The third kappa shape index (κ3) is 5.16. The van der Waals surface area contributed by atoms with Crippen LogP contribution in [0.4, 0.5) is 4.79 Å². The first-order valence-corrected chi connectivity index (χ1v) is 11.3.